The van der Waals surface area contributed by atoms with Crippen molar-refractivity contribution in [1.82, 2.24) is 4.31 Å². The van der Waals surface area contributed by atoms with Crippen LogP contribution in [0, 0.1) is 0 Å². The van der Waals surface area contributed by atoms with Gasteiger partial charge in [-0.25, -0.2) is 8.42 Å². The molecule has 3 rings (SSSR count). The quantitative estimate of drug-likeness (QED) is 0.751. The normalized spacial score (nSPS) is 15.4. The van der Waals surface area contributed by atoms with Gasteiger partial charge in [-0.15, -0.1) is 0 Å². The fourth-order valence-corrected chi connectivity index (χ4v) is 4.71. The number of hydrogen-bond donors (Lipinski definition) is 0. The van der Waals surface area contributed by atoms with E-state index in [1.807, 2.05) is 24.3 Å². The van der Waals surface area contributed by atoms with Crippen LogP contribution in [-0.2, 0) is 10.0 Å². The van der Waals surface area contributed by atoms with E-state index in [9.17, 15) is 8.42 Å². The fraction of sp³-hybridized carbons (Fsp3) is 0.368. The summed E-state index contributed by atoms with van der Waals surface area (Å²) in [7, 11) is 0.916. The van der Waals surface area contributed by atoms with E-state index in [1.54, 1.807) is 19.2 Å². The topological polar surface area (TPSA) is 68.3 Å². The van der Waals surface area contributed by atoms with Crippen LogP contribution in [-0.4, -0.2) is 60.2 Å². The second kappa shape index (κ2) is 8.06. The van der Waals surface area contributed by atoms with Crippen LogP contribution in [0.2, 0.25) is 0 Å². The molecule has 7 nitrogen and oxygen atoms in total. The molecule has 1 fully saturated rings. The molecular weight excluding hydrogens is 368 g/mol. The third-order valence-electron chi connectivity index (χ3n) is 4.65. The van der Waals surface area contributed by atoms with Crippen LogP contribution in [0.15, 0.2) is 47.4 Å². The maximum absolute atomic E-state index is 13.1. The van der Waals surface area contributed by atoms with E-state index in [2.05, 4.69) is 4.90 Å². The maximum atomic E-state index is 13.1. The second-order valence-corrected chi connectivity index (χ2v) is 8.02. The lowest BCUT2D eigenvalue weighted by Gasteiger charge is -2.35. The van der Waals surface area contributed by atoms with Crippen molar-refractivity contribution in [3.05, 3.63) is 42.5 Å². The molecule has 1 heterocycles. The highest BCUT2D eigenvalue weighted by Gasteiger charge is 2.31. The number of nitrogens with zero attached hydrogens (tertiary/aromatic N) is 2. The molecule has 1 saturated heterocycles. The summed E-state index contributed by atoms with van der Waals surface area (Å²) in [5.41, 5.74) is 1.02. The molecule has 1 aliphatic rings. The van der Waals surface area contributed by atoms with Crippen molar-refractivity contribution in [1.29, 1.82) is 0 Å². The predicted molar refractivity (Wildman–Crippen MR) is 104 cm³/mol. The minimum Gasteiger partial charge on any atom is -0.497 e. The molecule has 0 atom stereocenters. The van der Waals surface area contributed by atoms with Gasteiger partial charge < -0.3 is 19.1 Å². The molecule has 27 heavy (non-hydrogen) atoms. The van der Waals surface area contributed by atoms with Gasteiger partial charge in [0.2, 0.25) is 10.0 Å². The Morgan fingerprint density at radius 1 is 0.815 bits per heavy atom. The van der Waals surface area contributed by atoms with E-state index in [1.165, 1.54) is 24.6 Å². The van der Waals surface area contributed by atoms with Gasteiger partial charge in [0, 0.05) is 44.0 Å². The molecule has 0 amide bonds. The summed E-state index contributed by atoms with van der Waals surface area (Å²) < 4.78 is 43.4. The number of benzene rings is 2. The monoisotopic (exact) mass is 392 g/mol. The Morgan fingerprint density at radius 2 is 1.48 bits per heavy atom. The third-order valence-corrected chi connectivity index (χ3v) is 6.57. The van der Waals surface area contributed by atoms with Crippen LogP contribution in [0.25, 0.3) is 0 Å². The van der Waals surface area contributed by atoms with E-state index in [-0.39, 0.29) is 4.90 Å². The van der Waals surface area contributed by atoms with Gasteiger partial charge in [0.15, 0.2) is 0 Å². The van der Waals surface area contributed by atoms with Crippen molar-refractivity contribution < 1.29 is 22.6 Å². The highest BCUT2D eigenvalue weighted by Crippen LogP contribution is 2.31. The lowest BCUT2D eigenvalue weighted by atomic mass is 10.2. The van der Waals surface area contributed by atoms with Crippen LogP contribution in [0.1, 0.15) is 0 Å². The van der Waals surface area contributed by atoms with Crippen molar-refractivity contribution >= 4 is 15.7 Å². The summed E-state index contributed by atoms with van der Waals surface area (Å²) in [6.07, 6.45) is 0. The van der Waals surface area contributed by atoms with E-state index in [0.717, 1.165) is 11.4 Å². The summed E-state index contributed by atoms with van der Waals surface area (Å²) in [6.45, 7) is 1.97. The number of sulfonamides is 1. The number of ether oxygens (including phenoxy) is 3. The molecule has 2 aromatic rings. The van der Waals surface area contributed by atoms with Gasteiger partial charge in [-0.3, -0.25) is 0 Å². The van der Waals surface area contributed by atoms with Gasteiger partial charge in [-0.2, -0.15) is 4.31 Å². The van der Waals surface area contributed by atoms with Gasteiger partial charge in [-0.05, 0) is 24.3 Å². The average Bonchev–Trinajstić information content (AvgIpc) is 2.73. The Morgan fingerprint density at radius 3 is 2.11 bits per heavy atom. The van der Waals surface area contributed by atoms with Gasteiger partial charge in [-0.1, -0.05) is 6.07 Å². The first kappa shape index (κ1) is 19.3. The molecule has 1 aliphatic heterocycles. The van der Waals surface area contributed by atoms with Crippen LogP contribution in [0.4, 0.5) is 5.69 Å². The van der Waals surface area contributed by atoms with Gasteiger partial charge in [0.05, 0.1) is 21.3 Å². The Hall–Kier alpha value is -2.45. The Kier molecular flexibility index (Phi) is 5.76. The number of hydrogen-bond acceptors (Lipinski definition) is 6. The van der Waals surface area contributed by atoms with E-state index >= 15 is 0 Å². The number of rotatable bonds is 6. The highest BCUT2D eigenvalue weighted by molar-refractivity contribution is 7.89. The zero-order valence-corrected chi connectivity index (χ0v) is 16.5. The molecule has 0 bridgehead atoms. The first-order valence-electron chi connectivity index (χ1n) is 8.61. The Balaban J connectivity index is 1.79. The van der Waals surface area contributed by atoms with Gasteiger partial charge in [0.25, 0.3) is 0 Å². The molecule has 0 aliphatic carbocycles. The van der Waals surface area contributed by atoms with Gasteiger partial charge >= 0.3 is 0 Å². The third kappa shape index (κ3) is 3.96. The highest BCUT2D eigenvalue weighted by atomic mass is 32.2. The average molecular weight is 392 g/mol. The van der Waals surface area contributed by atoms with Crippen molar-refractivity contribution in [2.45, 2.75) is 4.90 Å². The minimum atomic E-state index is -3.68. The lowest BCUT2D eigenvalue weighted by molar-refractivity contribution is 0.370. The molecule has 0 spiro atoms. The first-order valence-corrected chi connectivity index (χ1v) is 10.0. The summed E-state index contributed by atoms with van der Waals surface area (Å²) >= 11 is 0. The van der Waals surface area contributed by atoms with Crippen molar-refractivity contribution in [2.75, 3.05) is 52.4 Å². The standard InChI is InChI=1S/C19H24N2O5S/c1-24-16-6-4-5-15(13-16)20-9-11-21(12-10-20)27(22,23)19-14-17(25-2)7-8-18(19)26-3/h4-8,13-14H,9-12H2,1-3H3. The summed E-state index contributed by atoms with van der Waals surface area (Å²) in [5, 5.41) is 0. The largest absolute Gasteiger partial charge is 0.497 e. The van der Waals surface area contributed by atoms with Gasteiger partial charge in [0.1, 0.15) is 22.1 Å². The predicted octanol–water partition coefficient (Wildman–Crippen LogP) is 2.22. The lowest BCUT2D eigenvalue weighted by Crippen LogP contribution is -2.48. The molecule has 0 aromatic heterocycles. The smallest absolute Gasteiger partial charge is 0.247 e. The molecule has 2 aromatic carbocycles. The van der Waals surface area contributed by atoms with Crippen LogP contribution in [0.5, 0.6) is 17.2 Å². The summed E-state index contributed by atoms with van der Waals surface area (Å²) in [4.78, 5) is 2.27. The molecular formula is C19H24N2O5S. The van der Waals surface area contributed by atoms with Crippen molar-refractivity contribution in [3.8, 4) is 17.2 Å². The van der Waals surface area contributed by atoms with Crippen LogP contribution < -0.4 is 19.1 Å². The zero-order chi connectivity index (χ0) is 19.4. The number of methoxy groups -OCH3 is 3. The molecule has 0 unspecified atom stereocenters. The molecule has 0 N–H and O–H groups in total. The van der Waals surface area contributed by atoms with Crippen LogP contribution in [0.3, 0.4) is 0 Å². The summed E-state index contributed by atoms with van der Waals surface area (Å²) in [5.74, 6) is 1.57. The van der Waals surface area contributed by atoms with E-state index < -0.39 is 10.0 Å². The summed E-state index contributed by atoms with van der Waals surface area (Å²) in [6, 6.07) is 12.6. The molecule has 0 radical (unpaired) electrons. The fourth-order valence-electron chi connectivity index (χ4n) is 3.12. The Labute approximate surface area is 160 Å². The molecule has 8 heteroatoms. The zero-order valence-electron chi connectivity index (χ0n) is 15.7. The van der Waals surface area contributed by atoms with Crippen LogP contribution >= 0.6 is 0 Å². The minimum absolute atomic E-state index is 0.124. The van der Waals surface area contributed by atoms with Crippen molar-refractivity contribution in [2.24, 2.45) is 0 Å². The Bertz CT molecular complexity index is 893. The van der Waals surface area contributed by atoms with Crippen molar-refractivity contribution in [3.63, 3.8) is 0 Å². The maximum Gasteiger partial charge on any atom is 0.247 e. The first-order chi connectivity index (χ1) is 13.0. The second-order valence-electron chi connectivity index (χ2n) is 6.11. The SMILES string of the molecule is COc1cccc(N2CCN(S(=O)(=O)c3cc(OC)ccc3OC)CC2)c1. The van der Waals surface area contributed by atoms with E-state index in [0.29, 0.717) is 37.7 Å². The molecule has 0 saturated carbocycles. The molecule has 146 valence electrons. The number of anilines is 1. The van der Waals surface area contributed by atoms with E-state index in [4.69, 9.17) is 14.2 Å². The number of piperazine rings is 1.